The van der Waals surface area contributed by atoms with Crippen molar-refractivity contribution in [2.24, 2.45) is 5.92 Å². The van der Waals surface area contributed by atoms with E-state index < -0.39 is 23.5 Å². The molecule has 38 heavy (non-hydrogen) atoms. The van der Waals surface area contributed by atoms with E-state index in [0.717, 1.165) is 35.9 Å². The van der Waals surface area contributed by atoms with E-state index in [2.05, 4.69) is 5.32 Å². The Morgan fingerprint density at radius 3 is 2.50 bits per heavy atom. The lowest BCUT2D eigenvalue weighted by Crippen LogP contribution is -2.46. The minimum Gasteiger partial charge on any atom is -0.458 e. The van der Waals surface area contributed by atoms with Crippen LogP contribution in [0.2, 0.25) is 0 Å². The Bertz CT molecular complexity index is 1350. The minimum absolute atomic E-state index is 0.155. The largest absolute Gasteiger partial charge is 0.458 e. The van der Waals surface area contributed by atoms with E-state index in [4.69, 9.17) is 9.72 Å². The molecule has 1 aliphatic heterocycles. The second-order valence-electron chi connectivity index (χ2n) is 11.4. The maximum absolute atomic E-state index is 13.8. The van der Waals surface area contributed by atoms with Crippen molar-refractivity contribution >= 4 is 34.4 Å². The van der Waals surface area contributed by atoms with Crippen LogP contribution in [0.1, 0.15) is 80.6 Å². The number of aromatic nitrogens is 2. The SMILES string of the molecule is CC(C)CC(NC(=O)c1c(N(C)C(=O)c2cccc3ccccc23)nc2n1CCCC2)C(=O)OC(C)(C)C. The van der Waals surface area contributed by atoms with Crippen LogP contribution in [0, 0.1) is 5.92 Å². The van der Waals surface area contributed by atoms with Crippen LogP contribution in [-0.4, -0.2) is 46.0 Å². The zero-order valence-corrected chi connectivity index (χ0v) is 23.2. The lowest BCUT2D eigenvalue weighted by Gasteiger charge is -2.26. The summed E-state index contributed by atoms with van der Waals surface area (Å²) in [6.07, 6.45) is 3.03. The molecule has 1 N–H and O–H groups in total. The molecule has 1 unspecified atom stereocenters. The van der Waals surface area contributed by atoms with Crippen molar-refractivity contribution in [3.63, 3.8) is 0 Å². The third-order valence-corrected chi connectivity index (χ3v) is 6.62. The summed E-state index contributed by atoms with van der Waals surface area (Å²) in [4.78, 5) is 46.8. The molecule has 2 heterocycles. The van der Waals surface area contributed by atoms with Gasteiger partial charge in [0.15, 0.2) is 11.5 Å². The number of nitrogens with zero attached hydrogens (tertiary/aromatic N) is 3. The zero-order valence-electron chi connectivity index (χ0n) is 23.2. The molecule has 1 aromatic heterocycles. The normalized spacial score (nSPS) is 14.2. The van der Waals surface area contributed by atoms with Crippen LogP contribution >= 0.6 is 0 Å². The number of esters is 1. The Kier molecular flexibility index (Phi) is 7.90. The number of hydrogen-bond donors (Lipinski definition) is 1. The van der Waals surface area contributed by atoms with Crippen LogP contribution in [-0.2, 0) is 22.5 Å². The summed E-state index contributed by atoms with van der Waals surface area (Å²) < 4.78 is 7.50. The second-order valence-corrected chi connectivity index (χ2v) is 11.4. The fourth-order valence-corrected chi connectivity index (χ4v) is 4.90. The number of amides is 2. The van der Waals surface area contributed by atoms with Gasteiger partial charge in [0.05, 0.1) is 0 Å². The van der Waals surface area contributed by atoms with Crippen LogP contribution < -0.4 is 10.2 Å². The molecule has 4 rings (SSSR count). The van der Waals surface area contributed by atoms with Crippen molar-refractivity contribution < 1.29 is 19.1 Å². The summed E-state index contributed by atoms with van der Waals surface area (Å²) in [5.41, 5.74) is 0.158. The summed E-state index contributed by atoms with van der Waals surface area (Å²) in [6.45, 7) is 10.0. The number of ether oxygens (including phenoxy) is 1. The highest BCUT2D eigenvalue weighted by molar-refractivity contribution is 6.15. The summed E-state index contributed by atoms with van der Waals surface area (Å²) >= 11 is 0. The monoisotopic (exact) mass is 518 g/mol. The zero-order chi connectivity index (χ0) is 27.6. The van der Waals surface area contributed by atoms with Gasteiger partial charge in [-0.05, 0) is 62.8 Å². The van der Waals surface area contributed by atoms with Gasteiger partial charge < -0.3 is 14.6 Å². The summed E-state index contributed by atoms with van der Waals surface area (Å²) in [6, 6.07) is 12.5. The van der Waals surface area contributed by atoms with Gasteiger partial charge in [-0.2, -0.15) is 0 Å². The van der Waals surface area contributed by atoms with Gasteiger partial charge in [0.2, 0.25) is 0 Å². The molecular weight excluding hydrogens is 480 g/mol. The van der Waals surface area contributed by atoms with Gasteiger partial charge in [-0.3, -0.25) is 14.5 Å². The average Bonchev–Trinajstić information content (AvgIpc) is 3.25. The number of carbonyl (C=O) groups is 3. The minimum atomic E-state index is -0.816. The van der Waals surface area contributed by atoms with E-state index in [1.807, 2.05) is 54.8 Å². The molecule has 2 aromatic carbocycles. The smallest absolute Gasteiger partial charge is 0.329 e. The Balaban J connectivity index is 1.70. The van der Waals surface area contributed by atoms with E-state index in [1.165, 1.54) is 4.90 Å². The van der Waals surface area contributed by atoms with Gasteiger partial charge in [0, 0.05) is 25.6 Å². The molecule has 3 aromatic rings. The van der Waals surface area contributed by atoms with Crippen molar-refractivity contribution in [2.75, 3.05) is 11.9 Å². The Morgan fingerprint density at radius 2 is 1.79 bits per heavy atom. The third kappa shape index (κ3) is 5.90. The predicted molar refractivity (Wildman–Crippen MR) is 148 cm³/mol. The molecule has 202 valence electrons. The number of imidazole rings is 1. The quantitative estimate of drug-likeness (QED) is 0.438. The Hall–Kier alpha value is -3.68. The third-order valence-electron chi connectivity index (χ3n) is 6.62. The number of nitrogens with one attached hydrogen (secondary N) is 1. The first-order valence-corrected chi connectivity index (χ1v) is 13.3. The molecule has 0 spiro atoms. The molecule has 0 saturated heterocycles. The predicted octanol–water partition coefficient (Wildman–Crippen LogP) is 5.14. The van der Waals surface area contributed by atoms with E-state index >= 15 is 0 Å². The average molecular weight is 519 g/mol. The second kappa shape index (κ2) is 11.0. The fourth-order valence-electron chi connectivity index (χ4n) is 4.90. The molecule has 0 saturated carbocycles. The molecule has 1 aliphatic rings. The number of aryl methyl sites for hydroxylation is 1. The molecule has 0 radical (unpaired) electrons. The molecule has 2 amide bonds. The maximum Gasteiger partial charge on any atom is 0.329 e. The van der Waals surface area contributed by atoms with Crippen molar-refractivity contribution in [2.45, 2.75) is 78.5 Å². The van der Waals surface area contributed by atoms with Gasteiger partial charge in [0.1, 0.15) is 17.5 Å². The van der Waals surface area contributed by atoms with Gasteiger partial charge in [-0.25, -0.2) is 9.78 Å². The molecule has 0 bridgehead atoms. The Labute approximate surface area is 224 Å². The number of carbonyl (C=O) groups excluding carboxylic acids is 3. The van der Waals surface area contributed by atoms with Crippen molar-refractivity contribution in [3.05, 3.63) is 59.5 Å². The van der Waals surface area contributed by atoms with Crippen molar-refractivity contribution in [3.8, 4) is 0 Å². The highest BCUT2D eigenvalue weighted by Gasteiger charge is 2.33. The highest BCUT2D eigenvalue weighted by atomic mass is 16.6. The highest BCUT2D eigenvalue weighted by Crippen LogP contribution is 2.28. The van der Waals surface area contributed by atoms with Crippen LogP contribution in [0.3, 0.4) is 0 Å². The summed E-state index contributed by atoms with van der Waals surface area (Å²) in [5.74, 6) is 0.0605. The Morgan fingerprint density at radius 1 is 1.08 bits per heavy atom. The van der Waals surface area contributed by atoms with Crippen LogP contribution in [0.25, 0.3) is 10.8 Å². The van der Waals surface area contributed by atoms with E-state index in [-0.39, 0.29) is 11.8 Å². The van der Waals surface area contributed by atoms with Crippen LogP contribution in [0.4, 0.5) is 5.82 Å². The lowest BCUT2D eigenvalue weighted by atomic mass is 10.0. The van der Waals surface area contributed by atoms with E-state index in [1.54, 1.807) is 33.9 Å². The molecule has 1 atom stereocenters. The number of benzene rings is 2. The lowest BCUT2D eigenvalue weighted by molar-refractivity contribution is -0.157. The molecule has 8 heteroatoms. The molecule has 0 fully saturated rings. The number of fused-ring (bicyclic) bond motifs is 2. The van der Waals surface area contributed by atoms with Crippen molar-refractivity contribution in [1.29, 1.82) is 0 Å². The standard InChI is InChI=1S/C30H38N4O4/c1-19(2)18-23(29(37)38-30(3,4)5)31-27(35)25-26(32-24-16-9-10-17-34(24)25)33(6)28(36)22-15-11-13-20-12-7-8-14-21(20)22/h7-8,11-15,19,23H,9-10,16-18H2,1-6H3,(H,31,35). The topological polar surface area (TPSA) is 93.5 Å². The van der Waals surface area contributed by atoms with Crippen LogP contribution in [0.15, 0.2) is 42.5 Å². The maximum atomic E-state index is 13.8. The number of hydrogen-bond acceptors (Lipinski definition) is 5. The van der Waals surface area contributed by atoms with E-state index in [0.29, 0.717) is 30.0 Å². The van der Waals surface area contributed by atoms with Crippen LogP contribution in [0.5, 0.6) is 0 Å². The first-order valence-electron chi connectivity index (χ1n) is 13.3. The summed E-state index contributed by atoms with van der Waals surface area (Å²) in [7, 11) is 1.65. The molecule has 0 aliphatic carbocycles. The molecule has 8 nitrogen and oxygen atoms in total. The van der Waals surface area contributed by atoms with E-state index in [9.17, 15) is 14.4 Å². The van der Waals surface area contributed by atoms with Gasteiger partial charge >= 0.3 is 5.97 Å². The first-order chi connectivity index (χ1) is 18.0. The van der Waals surface area contributed by atoms with Gasteiger partial charge in [0.25, 0.3) is 11.8 Å². The fraction of sp³-hybridized carbons (Fsp3) is 0.467. The number of anilines is 1. The molecular formula is C30H38N4O4. The van der Waals surface area contributed by atoms with Crippen molar-refractivity contribution in [1.82, 2.24) is 14.9 Å². The van der Waals surface area contributed by atoms with Gasteiger partial charge in [-0.1, -0.05) is 50.2 Å². The van der Waals surface area contributed by atoms with Gasteiger partial charge in [-0.15, -0.1) is 0 Å². The first kappa shape index (κ1) is 27.4. The summed E-state index contributed by atoms with van der Waals surface area (Å²) in [5, 5.41) is 4.71. The number of rotatable bonds is 7.